The number of hydrogen-bond acceptors (Lipinski definition) is 4. The van der Waals surface area contributed by atoms with Crippen LogP contribution >= 0.6 is 0 Å². The summed E-state index contributed by atoms with van der Waals surface area (Å²) in [7, 11) is 1.89. The number of anilines is 1. The van der Waals surface area contributed by atoms with Crippen LogP contribution in [-0.4, -0.2) is 37.4 Å². The second kappa shape index (κ2) is 4.74. The molecule has 0 saturated carbocycles. The lowest BCUT2D eigenvalue weighted by Crippen LogP contribution is -2.48. The summed E-state index contributed by atoms with van der Waals surface area (Å²) in [5, 5.41) is 21.4. The predicted octanol–water partition coefficient (Wildman–Crippen LogP) is 0.719. The van der Waals surface area contributed by atoms with Crippen LogP contribution in [0.2, 0.25) is 0 Å². The van der Waals surface area contributed by atoms with Crippen molar-refractivity contribution in [3.63, 3.8) is 0 Å². The fraction of sp³-hybridized carbons (Fsp3) is 0.462. The van der Waals surface area contributed by atoms with Crippen LogP contribution in [0.3, 0.4) is 0 Å². The van der Waals surface area contributed by atoms with E-state index in [0.717, 1.165) is 25.2 Å². The number of nitriles is 1. The molecular weight excluding hydrogens is 214 g/mol. The quantitative estimate of drug-likeness (QED) is 0.804. The highest BCUT2D eigenvalue weighted by Gasteiger charge is 2.36. The Balaban J connectivity index is 2.12. The molecule has 17 heavy (non-hydrogen) atoms. The van der Waals surface area contributed by atoms with Gasteiger partial charge in [0, 0.05) is 18.8 Å². The van der Waals surface area contributed by atoms with Crippen LogP contribution in [0.15, 0.2) is 24.3 Å². The molecule has 0 spiro atoms. The first kappa shape index (κ1) is 11.9. The molecule has 90 valence electrons. The molecule has 1 unspecified atom stereocenters. The fourth-order valence-electron chi connectivity index (χ4n) is 2.25. The molecule has 2 N–H and O–H groups in total. The van der Waals surface area contributed by atoms with E-state index in [1.54, 1.807) is 0 Å². The maximum absolute atomic E-state index is 9.43. The molecule has 4 heteroatoms. The zero-order chi connectivity index (χ0) is 12.3. The molecule has 1 aromatic carbocycles. The molecule has 0 radical (unpaired) electrons. The van der Waals surface area contributed by atoms with Gasteiger partial charge in [-0.1, -0.05) is 0 Å². The van der Waals surface area contributed by atoms with Gasteiger partial charge in [0.15, 0.2) is 0 Å². The van der Waals surface area contributed by atoms with Crippen LogP contribution < -0.4 is 10.2 Å². The van der Waals surface area contributed by atoms with Gasteiger partial charge in [0.25, 0.3) is 0 Å². The normalized spacial score (nSPS) is 23.7. The first-order valence-corrected chi connectivity index (χ1v) is 5.78. The van der Waals surface area contributed by atoms with Gasteiger partial charge in [0.1, 0.15) is 0 Å². The van der Waals surface area contributed by atoms with Crippen molar-refractivity contribution < 1.29 is 5.11 Å². The van der Waals surface area contributed by atoms with Crippen molar-refractivity contribution in [3.8, 4) is 6.07 Å². The Morgan fingerprint density at radius 3 is 2.65 bits per heavy atom. The lowest BCUT2D eigenvalue weighted by atomic mass is 10.0. The van der Waals surface area contributed by atoms with E-state index >= 15 is 0 Å². The Hall–Kier alpha value is -1.57. The fourth-order valence-corrected chi connectivity index (χ4v) is 2.25. The Kier molecular flexibility index (Phi) is 3.32. The van der Waals surface area contributed by atoms with Gasteiger partial charge in [-0.25, -0.2) is 0 Å². The lowest BCUT2D eigenvalue weighted by Gasteiger charge is -2.27. The van der Waals surface area contributed by atoms with Crippen molar-refractivity contribution in [2.45, 2.75) is 12.0 Å². The van der Waals surface area contributed by atoms with Crippen molar-refractivity contribution in [2.24, 2.45) is 0 Å². The van der Waals surface area contributed by atoms with E-state index in [1.807, 2.05) is 31.3 Å². The summed E-state index contributed by atoms with van der Waals surface area (Å²) in [4.78, 5) is 2.23. The first-order chi connectivity index (χ1) is 8.23. The summed E-state index contributed by atoms with van der Waals surface area (Å²) in [6.07, 6.45) is 0.931. The van der Waals surface area contributed by atoms with Crippen LogP contribution in [0, 0.1) is 11.3 Å². The van der Waals surface area contributed by atoms with Crippen molar-refractivity contribution in [1.29, 1.82) is 5.26 Å². The number of aliphatic hydroxyl groups is 1. The number of benzene rings is 1. The first-order valence-electron chi connectivity index (χ1n) is 5.78. The molecule has 1 aliphatic heterocycles. The summed E-state index contributed by atoms with van der Waals surface area (Å²) >= 11 is 0. The number of nitrogens with zero attached hydrogens (tertiary/aromatic N) is 2. The third kappa shape index (κ3) is 2.26. The predicted molar refractivity (Wildman–Crippen MR) is 66.9 cm³/mol. The lowest BCUT2D eigenvalue weighted by molar-refractivity contribution is 0.184. The summed E-state index contributed by atoms with van der Waals surface area (Å²) < 4.78 is 0. The standard InChI is InChI=1S/C13H17N3O/c1-15-13(10-17)6-7-16(9-13)12-4-2-11(8-14)3-5-12/h2-5,15,17H,6-7,9-10H2,1H3. The number of rotatable bonds is 3. The van der Waals surface area contributed by atoms with Gasteiger partial charge in [-0.3, -0.25) is 0 Å². The maximum atomic E-state index is 9.43. The molecule has 1 fully saturated rings. The highest BCUT2D eigenvalue weighted by Crippen LogP contribution is 2.26. The van der Waals surface area contributed by atoms with Crippen LogP contribution in [0.4, 0.5) is 5.69 Å². The molecule has 0 aliphatic carbocycles. The van der Waals surface area contributed by atoms with Crippen LogP contribution in [0.5, 0.6) is 0 Å². The highest BCUT2D eigenvalue weighted by atomic mass is 16.3. The van der Waals surface area contributed by atoms with Gasteiger partial charge in [0.2, 0.25) is 0 Å². The molecule has 1 heterocycles. The van der Waals surface area contributed by atoms with Gasteiger partial charge >= 0.3 is 0 Å². The van der Waals surface area contributed by atoms with E-state index in [0.29, 0.717) is 5.56 Å². The van der Waals surface area contributed by atoms with Crippen molar-refractivity contribution in [1.82, 2.24) is 5.32 Å². The monoisotopic (exact) mass is 231 g/mol. The van der Waals surface area contributed by atoms with E-state index in [-0.39, 0.29) is 12.1 Å². The van der Waals surface area contributed by atoms with E-state index in [2.05, 4.69) is 16.3 Å². The van der Waals surface area contributed by atoms with Crippen molar-refractivity contribution in [2.75, 3.05) is 31.6 Å². The number of aliphatic hydroxyl groups excluding tert-OH is 1. The molecule has 1 saturated heterocycles. The van der Waals surface area contributed by atoms with Crippen LogP contribution in [0.25, 0.3) is 0 Å². The average Bonchev–Trinajstić information content (AvgIpc) is 2.84. The van der Waals surface area contributed by atoms with Gasteiger partial charge in [-0.2, -0.15) is 5.26 Å². The summed E-state index contributed by atoms with van der Waals surface area (Å²) in [5.74, 6) is 0. The van der Waals surface area contributed by atoms with E-state index in [4.69, 9.17) is 5.26 Å². The number of nitrogens with one attached hydrogen (secondary N) is 1. The molecule has 0 amide bonds. The average molecular weight is 231 g/mol. The van der Waals surface area contributed by atoms with Gasteiger partial charge < -0.3 is 15.3 Å². The topological polar surface area (TPSA) is 59.3 Å². The Bertz CT molecular complexity index is 417. The molecule has 0 aromatic heterocycles. The minimum Gasteiger partial charge on any atom is -0.394 e. The Morgan fingerprint density at radius 1 is 1.47 bits per heavy atom. The van der Waals surface area contributed by atoms with Crippen molar-refractivity contribution >= 4 is 5.69 Å². The molecule has 1 aromatic rings. The Labute approximate surface area is 101 Å². The molecule has 1 aliphatic rings. The van der Waals surface area contributed by atoms with Gasteiger partial charge in [-0.05, 0) is 37.7 Å². The Morgan fingerprint density at radius 2 is 2.18 bits per heavy atom. The molecular formula is C13H17N3O. The number of likely N-dealkylation sites (N-methyl/N-ethyl adjacent to an activating group) is 1. The smallest absolute Gasteiger partial charge is 0.0991 e. The van der Waals surface area contributed by atoms with E-state index in [1.165, 1.54) is 0 Å². The van der Waals surface area contributed by atoms with Gasteiger partial charge in [0.05, 0.1) is 23.8 Å². The minimum absolute atomic E-state index is 0.149. The second-order valence-electron chi connectivity index (χ2n) is 4.52. The molecule has 1 atom stereocenters. The second-order valence-corrected chi connectivity index (χ2v) is 4.52. The van der Waals surface area contributed by atoms with Crippen LogP contribution in [-0.2, 0) is 0 Å². The highest BCUT2D eigenvalue weighted by molar-refractivity contribution is 5.51. The molecule has 0 bridgehead atoms. The van der Waals surface area contributed by atoms with E-state index in [9.17, 15) is 5.11 Å². The number of hydrogen-bond donors (Lipinski definition) is 2. The summed E-state index contributed by atoms with van der Waals surface area (Å²) in [6.45, 7) is 1.87. The van der Waals surface area contributed by atoms with E-state index < -0.39 is 0 Å². The summed E-state index contributed by atoms with van der Waals surface area (Å²) in [5.41, 5.74) is 1.60. The third-order valence-corrected chi connectivity index (χ3v) is 3.55. The minimum atomic E-state index is -0.187. The van der Waals surface area contributed by atoms with Crippen LogP contribution in [0.1, 0.15) is 12.0 Å². The van der Waals surface area contributed by atoms with Gasteiger partial charge in [-0.15, -0.1) is 0 Å². The van der Waals surface area contributed by atoms with Crippen molar-refractivity contribution in [3.05, 3.63) is 29.8 Å². The SMILES string of the molecule is CNC1(CO)CCN(c2ccc(C#N)cc2)C1. The largest absolute Gasteiger partial charge is 0.394 e. The molecule has 2 rings (SSSR count). The molecule has 4 nitrogen and oxygen atoms in total. The third-order valence-electron chi connectivity index (χ3n) is 3.55. The zero-order valence-corrected chi connectivity index (χ0v) is 9.98. The summed E-state index contributed by atoms with van der Waals surface area (Å²) in [6, 6.07) is 9.69. The zero-order valence-electron chi connectivity index (χ0n) is 9.98. The maximum Gasteiger partial charge on any atom is 0.0991 e.